The molecule has 0 bridgehead atoms. The van der Waals surface area contributed by atoms with E-state index in [1.54, 1.807) is 6.07 Å². The van der Waals surface area contributed by atoms with E-state index in [-0.39, 0.29) is 11.9 Å². The molecule has 1 aromatic rings. The van der Waals surface area contributed by atoms with Crippen LogP contribution in [-0.4, -0.2) is 16.9 Å². The van der Waals surface area contributed by atoms with E-state index in [9.17, 15) is 4.79 Å². The third kappa shape index (κ3) is 4.07. The number of thiocarbonyl (C=S) groups is 1. The fraction of sp³-hybridized carbons (Fsp3) is 0.385. The number of aryl methyl sites for hydroxylation is 1. The number of amides is 1. The van der Waals surface area contributed by atoms with Gasteiger partial charge in [0, 0.05) is 10.0 Å². The van der Waals surface area contributed by atoms with Crippen LogP contribution in [0.4, 0.5) is 0 Å². The average molecular weight is 329 g/mol. The topological polar surface area (TPSA) is 55.1 Å². The van der Waals surface area contributed by atoms with Crippen molar-refractivity contribution in [3.8, 4) is 0 Å². The molecule has 0 aliphatic rings. The molecule has 1 amide bonds. The van der Waals surface area contributed by atoms with E-state index in [1.807, 2.05) is 26.0 Å². The Morgan fingerprint density at radius 2 is 2.22 bits per heavy atom. The molecule has 0 aliphatic carbocycles. The molecule has 5 heteroatoms. The maximum Gasteiger partial charge on any atom is 0.252 e. The maximum atomic E-state index is 12.2. The zero-order valence-electron chi connectivity index (χ0n) is 10.5. The van der Waals surface area contributed by atoms with Crippen molar-refractivity contribution in [1.82, 2.24) is 5.32 Å². The van der Waals surface area contributed by atoms with Gasteiger partial charge in [0.25, 0.3) is 5.91 Å². The molecule has 1 unspecified atom stereocenters. The normalized spacial score (nSPS) is 11.9. The van der Waals surface area contributed by atoms with Gasteiger partial charge in [0.2, 0.25) is 0 Å². The first-order valence-electron chi connectivity index (χ1n) is 5.82. The van der Waals surface area contributed by atoms with E-state index in [1.165, 1.54) is 0 Å². The van der Waals surface area contributed by atoms with Gasteiger partial charge in [-0.2, -0.15) is 0 Å². The lowest BCUT2D eigenvalue weighted by Gasteiger charge is -2.17. The van der Waals surface area contributed by atoms with Crippen LogP contribution >= 0.6 is 28.1 Å². The SMILES string of the molecule is CCCC(NC(=O)c1cc(Br)ccc1C)C(N)=S. The van der Waals surface area contributed by atoms with Gasteiger partial charge in [0.15, 0.2) is 0 Å². The third-order valence-corrected chi connectivity index (χ3v) is 3.45. The summed E-state index contributed by atoms with van der Waals surface area (Å²) in [6, 6.07) is 5.36. The van der Waals surface area contributed by atoms with Gasteiger partial charge in [0.05, 0.1) is 11.0 Å². The highest BCUT2D eigenvalue weighted by molar-refractivity contribution is 9.10. The highest BCUT2D eigenvalue weighted by atomic mass is 79.9. The number of hydrogen-bond acceptors (Lipinski definition) is 2. The first-order chi connectivity index (χ1) is 8.45. The molecule has 3 nitrogen and oxygen atoms in total. The van der Waals surface area contributed by atoms with E-state index < -0.39 is 0 Å². The summed E-state index contributed by atoms with van der Waals surface area (Å²) in [7, 11) is 0. The van der Waals surface area contributed by atoms with Crippen molar-refractivity contribution in [2.45, 2.75) is 32.7 Å². The zero-order chi connectivity index (χ0) is 13.7. The van der Waals surface area contributed by atoms with Crippen LogP contribution in [0.3, 0.4) is 0 Å². The van der Waals surface area contributed by atoms with Crippen molar-refractivity contribution >= 4 is 39.0 Å². The van der Waals surface area contributed by atoms with Crippen molar-refractivity contribution in [3.63, 3.8) is 0 Å². The van der Waals surface area contributed by atoms with Gasteiger partial charge in [-0.25, -0.2) is 0 Å². The summed E-state index contributed by atoms with van der Waals surface area (Å²) in [5.74, 6) is -0.139. The molecule has 0 aromatic heterocycles. The van der Waals surface area contributed by atoms with Crippen LogP contribution in [-0.2, 0) is 0 Å². The molecular formula is C13H17BrN2OS. The van der Waals surface area contributed by atoms with Crippen molar-refractivity contribution in [2.24, 2.45) is 5.73 Å². The lowest BCUT2D eigenvalue weighted by atomic mass is 10.1. The summed E-state index contributed by atoms with van der Waals surface area (Å²) in [4.78, 5) is 12.5. The molecule has 98 valence electrons. The number of hydrogen-bond donors (Lipinski definition) is 2. The molecule has 0 saturated carbocycles. The van der Waals surface area contributed by atoms with Gasteiger partial charge in [-0.15, -0.1) is 0 Å². The number of halogens is 1. The van der Waals surface area contributed by atoms with Crippen molar-refractivity contribution in [2.75, 3.05) is 0 Å². The minimum absolute atomic E-state index is 0.139. The second-order valence-electron chi connectivity index (χ2n) is 4.18. The predicted molar refractivity (Wildman–Crippen MR) is 81.8 cm³/mol. The van der Waals surface area contributed by atoms with Crippen LogP contribution in [0.25, 0.3) is 0 Å². The summed E-state index contributed by atoms with van der Waals surface area (Å²) in [5.41, 5.74) is 7.19. The van der Waals surface area contributed by atoms with Crippen LogP contribution < -0.4 is 11.1 Å². The molecule has 0 saturated heterocycles. The van der Waals surface area contributed by atoms with Crippen LogP contribution in [0.5, 0.6) is 0 Å². The van der Waals surface area contributed by atoms with Gasteiger partial charge in [0.1, 0.15) is 0 Å². The summed E-state index contributed by atoms with van der Waals surface area (Å²) in [6.07, 6.45) is 1.67. The molecule has 0 radical (unpaired) electrons. The second kappa shape index (κ2) is 6.85. The van der Waals surface area contributed by atoms with Gasteiger partial charge in [-0.05, 0) is 31.0 Å². The smallest absolute Gasteiger partial charge is 0.252 e. The summed E-state index contributed by atoms with van der Waals surface area (Å²) in [6.45, 7) is 3.93. The molecule has 0 aliphatic heterocycles. The number of benzene rings is 1. The van der Waals surface area contributed by atoms with Crippen LogP contribution in [0.2, 0.25) is 0 Å². The Balaban J connectivity index is 2.86. The van der Waals surface area contributed by atoms with Crippen molar-refractivity contribution < 1.29 is 4.79 Å². The minimum atomic E-state index is -0.240. The van der Waals surface area contributed by atoms with Crippen LogP contribution in [0.1, 0.15) is 35.7 Å². The maximum absolute atomic E-state index is 12.2. The number of rotatable bonds is 5. The third-order valence-electron chi connectivity index (χ3n) is 2.67. The monoisotopic (exact) mass is 328 g/mol. The molecule has 0 heterocycles. The fourth-order valence-electron chi connectivity index (χ4n) is 1.65. The number of carbonyl (C=O) groups is 1. The number of nitrogens with one attached hydrogen (secondary N) is 1. The molecule has 0 spiro atoms. The first kappa shape index (κ1) is 15.1. The van der Waals surface area contributed by atoms with E-state index in [4.69, 9.17) is 18.0 Å². The Labute approximate surface area is 121 Å². The average Bonchev–Trinajstić information content (AvgIpc) is 2.31. The van der Waals surface area contributed by atoms with E-state index in [0.717, 1.165) is 22.9 Å². The lowest BCUT2D eigenvalue weighted by molar-refractivity contribution is 0.0945. The zero-order valence-corrected chi connectivity index (χ0v) is 12.9. The second-order valence-corrected chi connectivity index (χ2v) is 5.56. The highest BCUT2D eigenvalue weighted by Crippen LogP contribution is 2.16. The largest absolute Gasteiger partial charge is 0.392 e. The summed E-state index contributed by atoms with van der Waals surface area (Å²) >= 11 is 8.32. The molecule has 0 fully saturated rings. The van der Waals surface area contributed by atoms with Gasteiger partial charge < -0.3 is 11.1 Å². The van der Waals surface area contributed by atoms with Gasteiger partial charge in [-0.3, -0.25) is 4.79 Å². The first-order valence-corrected chi connectivity index (χ1v) is 7.02. The van der Waals surface area contributed by atoms with Crippen molar-refractivity contribution in [3.05, 3.63) is 33.8 Å². The Morgan fingerprint density at radius 3 is 2.78 bits per heavy atom. The molecule has 18 heavy (non-hydrogen) atoms. The Bertz CT molecular complexity index is 462. The van der Waals surface area contributed by atoms with Gasteiger partial charge >= 0.3 is 0 Å². The van der Waals surface area contributed by atoms with Crippen LogP contribution in [0.15, 0.2) is 22.7 Å². The minimum Gasteiger partial charge on any atom is -0.392 e. The standard InChI is InChI=1S/C13H17BrN2OS/c1-3-4-11(12(15)18)16-13(17)10-7-9(14)6-5-8(10)2/h5-7,11H,3-4H2,1-2H3,(H2,15,18)(H,16,17). The van der Waals surface area contributed by atoms with E-state index >= 15 is 0 Å². The highest BCUT2D eigenvalue weighted by Gasteiger charge is 2.16. The Hall–Kier alpha value is -0.940. The predicted octanol–water partition coefficient (Wildman–Crippen LogP) is 2.94. The number of nitrogens with two attached hydrogens (primary N) is 1. The summed E-state index contributed by atoms with van der Waals surface area (Å²) in [5, 5.41) is 2.88. The lowest BCUT2D eigenvalue weighted by Crippen LogP contribution is -2.43. The van der Waals surface area contributed by atoms with Gasteiger partial charge in [-0.1, -0.05) is 47.6 Å². The van der Waals surface area contributed by atoms with E-state index in [2.05, 4.69) is 21.2 Å². The molecule has 3 N–H and O–H groups in total. The van der Waals surface area contributed by atoms with Crippen molar-refractivity contribution in [1.29, 1.82) is 0 Å². The summed E-state index contributed by atoms with van der Waals surface area (Å²) < 4.78 is 0.876. The Morgan fingerprint density at radius 1 is 1.56 bits per heavy atom. The Kier molecular flexibility index (Phi) is 5.75. The van der Waals surface area contributed by atoms with E-state index in [0.29, 0.717) is 10.6 Å². The molecule has 1 atom stereocenters. The molecular weight excluding hydrogens is 312 g/mol. The van der Waals surface area contributed by atoms with Crippen LogP contribution in [0, 0.1) is 6.92 Å². The quantitative estimate of drug-likeness (QED) is 0.817. The number of carbonyl (C=O) groups excluding carboxylic acids is 1. The molecule has 1 aromatic carbocycles. The molecule has 1 rings (SSSR count). The fourth-order valence-corrected chi connectivity index (χ4v) is 2.19.